The molecule has 4 atom stereocenters. The van der Waals surface area contributed by atoms with Gasteiger partial charge in [0.15, 0.2) is 11.6 Å². The zero-order chi connectivity index (χ0) is 21.8. The number of halogens is 2. The highest BCUT2D eigenvalue weighted by molar-refractivity contribution is 5.65. The smallest absolute Gasteiger partial charge is 0.166 e. The average Bonchev–Trinajstić information content (AvgIpc) is 2.80. The van der Waals surface area contributed by atoms with Gasteiger partial charge in [0, 0.05) is 5.56 Å². The Morgan fingerprint density at radius 3 is 2.39 bits per heavy atom. The molecule has 0 amide bonds. The standard InChI is InChI=1S/C29H34F2/c1-3-5-7-20-8-11-22(12-9-20)26-16-17-27(29(31)28(26)30)25-15-14-23-18-21(6-4-2)10-13-24(23)19-25/h3-4,6,8-9,11-12,16-17,21,23-25H,1,5,7,10,13-15,18-19H2,2H3/b6-4+. The number of hydrogen-bond donors (Lipinski definition) is 0. The first-order valence-corrected chi connectivity index (χ1v) is 11.9. The highest BCUT2D eigenvalue weighted by atomic mass is 19.2. The predicted molar refractivity (Wildman–Crippen MR) is 126 cm³/mol. The number of benzene rings is 2. The molecule has 0 heterocycles. The molecule has 4 rings (SSSR count). The van der Waals surface area contributed by atoms with Crippen molar-refractivity contribution in [2.24, 2.45) is 17.8 Å². The summed E-state index contributed by atoms with van der Waals surface area (Å²) >= 11 is 0. The van der Waals surface area contributed by atoms with E-state index in [0.717, 1.165) is 43.6 Å². The molecule has 0 aliphatic heterocycles. The molecule has 0 spiro atoms. The summed E-state index contributed by atoms with van der Waals surface area (Å²) in [6.07, 6.45) is 15.1. The molecule has 0 saturated heterocycles. The third-order valence-corrected chi connectivity index (χ3v) is 7.57. The average molecular weight is 421 g/mol. The van der Waals surface area contributed by atoms with Gasteiger partial charge in [0.2, 0.25) is 0 Å². The Hall–Kier alpha value is -2.22. The molecule has 164 valence electrons. The van der Waals surface area contributed by atoms with E-state index in [9.17, 15) is 0 Å². The third-order valence-electron chi connectivity index (χ3n) is 7.57. The van der Waals surface area contributed by atoms with Crippen molar-refractivity contribution in [3.8, 4) is 11.1 Å². The Morgan fingerprint density at radius 2 is 1.65 bits per heavy atom. The topological polar surface area (TPSA) is 0 Å². The monoisotopic (exact) mass is 420 g/mol. The van der Waals surface area contributed by atoms with Crippen LogP contribution >= 0.6 is 0 Å². The number of rotatable bonds is 6. The van der Waals surface area contributed by atoms with E-state index in [2.05, 4.69) is 25.7 Å². The maximum Gasteiger partial charge on any atom is 0.166 e. The number of hydrogen-bond acceptors (Lipinski definition) is 0. The van der Waals surface area contributed by atoms with Gasteiger partial charge >= 0.3 is 0 Å². The van der Waals surface area contributed by atoms with Crippen LogP contribution in [0.2, 0.25) is 0 Å². The zero-order valence-corrected chi connectivity index (χ0v) is 18.6. The van der Waals surface area contributed by atoms with Gasteiger partial charge in [0.05, 0.1) is 0 Å². The normalized spacial score (nSPS) is 26.0. The van der Waals surface area contributed by atoms with E-state index < -0.39 is 11.6 Å². The van der Waals surface area contributed by atoms with Gasteiger partial charge in [0.25, 0.3) is 0 Å². The fraction of sp³-hybridized carbons (Fsp3) is 0.448. The maximum absolute atomic E-state index is 15.2. The summed E-state index contributed by atoms with van der Waals surface area (Å²) in [5.41, 5.74) is 2.85. The summed E-state index contributed by atoms with van der Waals surface area (Å²) < 4.78 is 30.2. The summed E-state index contributed by atoms with van der Waals surface area (Å²) in [5, 5.41) is 0. The highest BCUT2D eigenvalue weighted by Gasteiger charge is 2.36. The predicted octanol–water partition coefficient (Wildman–Crippen LogP) is 8.63. The van der Waals surface area contributed by atoms with Crippen molar-refractivity contribution in [3.63, 3.8) is 0 Å². The van der Waals surface area contributed by atoms with Crippen LogP contribution in [0, 0.1) is 29.4 Å². The Kier molecular flexibility index (Phi) is 7.05. The van der Waals surface area contributed by atoms with Crippen molar-refractivity contribution < 1.29 is 8.78 Å². The lowest BCUT2D eigenvalue weighted by Crippen LogP contribution is -2.30. The molecule has 31 heavy (non-hydrogen) atoms. The van der Waals surface area contributed by atoms with Gasteiger partial charge in [0.1, 0.15) is 0 Å². The summed E-state index contributed by atoms with van der Waals surface area (Å²) in [6.45, 7) is 5.85. The Balaban J connectivity index is 1.48. The summed E-state index contributed by atoms with van der Waals surface area (Å²) in [7, 11) is 0. The van der Waals surface area contributed by atoms with Crippen molar-refractivity contribution in [3.05, 3.63) is 84.0 Å². The lowest BCUT2D eigenvalue weighted by Gasteiger charge is -2.42. The van der Waals surface area contributed by atoms with Gasteiger partial charge in [-0.05, 0) is 98.7 Å². The maximum atomic E-state index is 15.2. The lowest BCUT2D eigenvalue weighted by molar-refractivity contribution is 0.132. The van der Waals surface area contributed by atoms with Crippen LogP contribution < -0.4 is 0 Å². The first-order valence-electron chi connectivity index (χ1n) is 11.9. The number of fused-ring (bicyclic) bond motifs is 1. The molecule has 0 N–H and O–H groups in total. The molecule has 2 saturated carbocycles. The van der Waals surface area contributed by atoms with Crippen molar-refractivity contribution in [1.82, 2.24) is 0 Å². The van der Waals surface area contributed by atoms with Crippen molar-refractivity contribution >= 4 is 0 Å². The first-order chi connectivity index (χ1) is 15.1. The Morgan fingerprint density at radius 1 is 0.903 bits per heavy atom. The molecule has 0 aromatic heterocycles. The second kappa shape index (κ2) is 9.94. The molecule has 4 unspecified atom stereocenters. The van der Waals surface area contributed by atoms with E-state index in [1.807, 2.05) is 36.4 Å². The van der Waals surface area contributed by atoms with E-state index in [1.54, 1.807) is 6.07 Å². The first kappa shape index (κ1) is 22.0. The van der Waals surface area contributed by atoms with Gasteiger partial charge in [-0.15, -0.1) is 6.58 Å². The molecule has 0 radical (unpaired) electrons. The van der Waals surface area contributed by atoms with Gasteiger partial charge < -0.3 is 0 Å². The molecule has 0 bridgehead atoms. The molecule has 2 aliphatic rings. The fourth-order valence-electron chi connectivity index (χ4n) is 5.88. The zero-order valence-electron chi connectivity index (χ0n) is 18.6. The summed E-state index contributed by atoms with van der Waals surface area (Å²) in [4.78, 5) is 0. The molecule has 2 aromatic carbocycles. The molecule has 2 heteroatoms. The second-order valence-corrected chi connectivity index (χ2v) is 9.48. The van der Waals surface area contributed by atoms with Crippen LogP contribution in [-0.2, 0) is 6.42 Å². The van der Waals surface area contributed by atoms with E-state index in [1.165, 1.54) is 24.8 Å². The van der Waals surface area contributed by atoms with Crippen LogP contribution in [0.25, 0.3) is 11.1 Å². The van der Waals surface area contributed by atoms with E-state index in [0.29, 0.717) is 23.0 Å². The molecule has 2 aliphatic carbocycles. The summed E-state index contributed by atoms with van der Waals surface area (Å²) in [6, 6.07) is 11.4. The van der Waals surface area contributed by atoms with Crippen LogP contribution in [0.5, 0.6) is 0 Å². The third kappa shape index (κ3) is 4.84. The highest BCUT2D eigenvalue weighted by Crippen LogP contribution is 2.48. The lowest BCUT2D eigenvalue weighted by atomic mass is 9.64. The Labute approximate surface area is 186 Å². The molecule has 2 aromatic rings. The van der Waals surface area contributed by atoms with Gasteiger partial charge in [-0.2, -0.15) is 0 Å². The van der Waals surface area contributed by atoms with Crippen molar-refractivity contribution in [1.29, 1.82) is 0 Å². The van der Waals surface area contributed by atoms with Gasteiger partial charge in [-0.25, -0.2) is 8.78 Å². The van der Waals surface area contributed by atoms with E-state index in [4.69, 9.17) is 0 Å². The molecular weight excluding hydrogens is 386 g/mol. The number of aryl methyl sites for hydroxylation is 1. The van der Waals surface area contributed by atoms with Crippen LogP contribution in [0.15, 0.2) is 61.2 Å². The van der Waals surface area contributed by atoms with E-state index >= 15 is 8.78 Å². The van der Waals surface area contributed by atoms with E-state index in [-0.39, 0.29) is 5.92 Å². The minimum Gasteiger partial charge on any atom is -0.203 e. The van der Waals surface area contributed by atoms with Crippen LogP contribution in [0.1, 0.15) is 68.9 Å². The summed E-state index contributed by atoms with van der Waals surface area (Å²) in [5.74, 6) is 0.918. The fourth-order valence-corrected chi connectivity index (χ4v) is 5.88. The molecular formula is C29H34F2. The van der Waals surface area contributed by atoms with Gasteiger partial charge in [-0.3, -0.25) is 0 Å². The minimum atomic E-state index is -0.699. The molecule has 0 nitrogen and oxygen atoms in total. The van der Waals surface area contributed by atoms with Crippen LogP contribution in [-0.4, -0.2) is 0 Å². The largest absolute Gasteiger partial charge is 0.203 e. The van der Waals surface area contributed by atoms with Crippen molar-refractivity contribution in [2.45, 2.75) is 64.2 Å². The van der Waals surface area contributed by atoms with Crippen molar-refractivity contribution in [2.75, 3.05) is 0 Å². The van der Waals surface area contributed by atoms with Crippen LogP contribution in [0.4, 0.5) is 8.78 Å². The minimum absolute atomic E-state index is 0.143. The van der Waals surface area contributed by atoms with Gasteiger partial charge in [-0.1, -0.05) is 54.6 Å². The number of allylic oxidation sites excluding steroid dienone is 3. The second-order valence-electron chi connectivity index (χ2n) is 9.48. The SMILES string of the molecule is C=CCCc1ccc(-c2ccc(C3CCC4CC(/C=C/C)CCC4C3)c(F)c2F)cc1. The quantitative estimate of drug-likeness (QED) is 0.410. The van der Waals surface area contributed by atoms with Crippen LogP contribution in [0.3, 0.4) is 0 Å². The molecule has 2 fully saturated rings. The Bertz CT molecular complexity index is 924.